The Balaban J connectivity index is 2.49. The SMILES string of the molecule is CC1=CC(=O)[C@]2(C)CC[C@](O)(C(C)C)[C@@H]2[C@H](O)C1. The van der Waals surface area contributed by atoms with E-state index in [2.05, 4.69) is 0 Å². The van der Waals surface area contributed by atoms with E-state index < -0.39 is 17.1 Å². The van der Waals surface area contributed by atoms with Gasteiger partial charge in [0.1, 0.15) is 0 Å². The summed E-state index contributed by atoms with van der Waals surface area (Å²) in [6.45, 7) is 7.71. The Bertz CT molecular complexity index is 399. The Labute approximate surface area is 109 Å². The van der Waals surface area contributed by atoms with Crippen LogP contribution in [0.1, 0.15) is 47.0 Å². The van der Waals surface area contributed by atoms with E-state index in [1.807, 2.05) is 27.7 Å². The van der Waals surface area contributed by atoms with Gasteiger partial charge < -0.3 is 10.2 Å². The van der Waals surface area contributed by atoms with Crippen LogP contribution in [0.15, 0.2) is 11.6 Å². The van der Waals surface area contributed by atoms with Crippen molar-refractivity contribution in [2.24, 2.45) is 17.3 Å². The molecule has 0 aliphatic heterocycles. The van der Waals surface area contributed by atoms with Crippen molar-refractivity contribution in [1.82, 2.24) is 0 Å². The van der Waals surface area contributed by atoms with Gasteiger partial charge in [-0.25, -0.2) is 0 Å². The number of ketones is 1. The van der Waals surface area contributed by atoms with Crippen LogP contribution < -0.4 is 0 Å². The minimum absolute atomic E-state index is 0.0465. The first-order valence-corrected chi connectivity index (χ1v) is 6.84. The molecule has 0 aromatic rings. The minimum atomic E-state index is -0.928. The van der Waals surface area contributed by atoms with Crippen LogP contribution in [0.2, 0.25) is 0 Å². The summed E-state index contributed by atoms with van der Waals surface area (Å²) in [7, 11) is 0. The summed E-state index contributed by atoms with van der Waals surface area (Å²) < 4.78 is 0. The second-order valence-corrected chi connectivity index (χ2v) is 6.67. The number of hydrogen-bond acceptors (Lipinski definition) is 3. The lowest BCUT2D eigenvalue weighted by Crippen LogP contribution is -2.50. The number of aliphatic hydroxyl groups is 2. The van der Waals surface area contributed by atoms with Crippen LogP contribution in [0.5, 0.6) is 0 Å². The number of fused-ring (bicyclic) bond motifs is 1. The van der Waals surface area contributed by atoms with Gasteiger partial charge >= 0.3 is 0 Å². The number of rotatable bonds is 1. The summed E-state index contributed by atoms with van der Waals surface area (Å²) in [6.07, 6.45) is 2.77. The molecule has 0 aromatic carbocycles. The van der Waals surface area contributed by atoms with Crippen LogP contribution in [0.4, 0.5) is 0 Å². The molecule has 0 saturated heterocycles. The summed E-state index contributed by atoms with van der Waals surface area (Å²) in [6, 6.07) is 0. The topological polar surface area (TPSA) is 57.5 Å². The van der Waals surface area contributed by atoms with Gasteiger partial charge in [-0.1, -0.05) is 26.3 Å². The molecule has 2 rings (SSSR count). The van der Waals surface area contributed by atoms with Gasteiger partial charge in [-0.3, -0.25) is 4.79 Å². The van der Waals surface area contributed by atoms with Gasteiger partial charge in [0, 0.05) is 11.3 Å². The van der Waals surface area contributed by atoms with Gasteiger partial charge in [0.05, 0.1) is 11.7 Å². The lowest BCUT2D eigenvalue weighted by molar-refractivity contribution is -0.139. The molecule has 0 aromatic heterocycles. The van der Waals surface area contributed by atoms with Crippen LogP contribution in [0.25, 0.3) is 0 Å². The lowest BCUT2D eigenvalue weighted by atomic mass is 9.67. The third-order valence-electron chi connectivity index (χ3n) is 5.13. The van der Waals surface area contributed by atoms with Crippen molar-refractivity contribution >= 4 is 5.78 Å². The number of allylic oxidation sites excluding steroid dienone is 1. The molecule has 1 saturated carbocycles. The van der Waals surface area contributed by atoms with E-state index in [4.69, 9.17) is 0 Å². The standard InChI is InChI=1S/C15H24O3/c1-9(2)15(18)6-5-14(4)12(17)8-10(3)7-11(16)13(14)15/h8-9,11,13,16,18H,5-7H2,1-4H3/t11-,13-,14+,15+/m1/s1. The molecule has 102 valence electrons. The highest BCUT2D eigenvalue weighted by molar-refractivity contribution is 5.96. The summed E-state index contributed by atoms with van der Waals surface area (Å²) in [5.74, 6) is -0.241. The van der Waals surface area contributed by atoms with Crippen molar-refractivity contribution in [3.63, 3.8) is 0 Å². The predicted octanol–water partition coefficient (Wildman–Crippen LogP) is 2.07. The summed E-state index contributed by atoms with van der Waals surface area (Å²) in [5.41, 5.74) is -0.632. The molecule has 0 unspecified atom stereocenters. The third-order valence-corrected chi connectivity index (χ3v) is 5.13. The first kappa shape index (κ1) is 13.8. The number of carbonyl (C=O) groups excluding carboxylic acids is 1. The zero-order valence-corrected chi connectivity index (χ0v) is 11.7. The van der Waals surface area contributed by atoms with Crippen molar-refractivity contribution in [1.29, 1.82) is 0 Å². The first-order valence-electron chi connectivity index (χ1n) is 6.84. The maximum Gasteiger partial charge on any atom is 0.161 e. The second-order valence-electron chi connectivity index (χ2n) is 6.67. The van der Waals surface area contributed by atoms with Gasteiger partial charge in [-0.15, -0.1) is 0 Å². The van der Waals surface area contributed by atoms with E-state index in [1.165, 1.54) is 0 Å². The minimum Gasteiger partial charge on any atom is -0.392 e. The molecular weight excluding hydrogens is 228 g/mol. The molecule has 0 bridgehead atoms. The largest absolute Gasteiger partial charge is 0.392 e. The molecular formula is C15H24O3. The Kier molecular flexibility index (Phi) is 3.19. The van der Waals surface area contributed by atoms with E-state index in [0.717, 1.165) is 5.57 Å². The highest BCUT2D eigenvalue weighted by atomic mass is 16.3. The molecule has 4 atom stereocenters. The highest BCUT2D eigenvalue weighted by Gasteiger charge is 2.60. The predicted molar refractivity (Wildman–Crippen MR) is 70.0 cm³/mol. The maximum absolute atomic E-state index is 12.4. The van der Waals surface area contributed by atoms with Crippen LogP contribution in [0, 0.1) is 17.3 Å². The quantitative estimate of drug-likeness (QED) is 0.751. The van der Waals surface area contributed by atoms with E-state index in [9.17, 15) is 15.0 Å². The second kappa shape index (κ2) is 4.17. The Morgan fingerprint density at radius 2 is 2.00 bits per heavy atom. The van der Waals surface area contributed by atoms with E-state index >= 15 is 0 Å². The molecule has 0 heterocycles. The van der Waals surface area contributed by atoms with Gasteiger partial charge in [0.15, 0.2) is 5.78 Å². The zero-order valence-electron chi connectivity index (χ0n) is 11.7. The fraction of sp³-hybridized carbons (Fsp3) is 0.800. The van der Waals surface area contributed by atoms with Crippen LogP contribution in [0.3, 0.4) is 0 Å². The summed E-state index contributed by atoms with van der Waals surface area (Å²) in [5, 5.41) is 21.3. The number of aliphatic hydroxyl groups excluding tert-OH is 1. The molecule has 3 heteroatoms. The highest BCUT2D eigenvalue weighted by Crippen LogP contribution is 2.56. The lowest BCUT2D eigenvalue weighted by Gasteiger charge is -2.41. The molecule has 1 fully saturated rings. The van der Waals surface area contributed by atoms with Gasteiger partial charge in [-0.2, -0.15) is 0 Å². The zero-order chi connectivity index (χ0) is 13.7. The fourth-order valence-electron chi connectivity index (χ4n) is 3.90. The number of carbonyl (C=O) groups is 1. The third kappa shape index (κ3) is 1.76. The van der Waals surface area contributed by atoms with Crippen molar-refractivity contribution in [3.8, 4) is 0 Å². The molecule has 2 N–H and O–H groups in total. The number of hydrogen-bond donors (Lipinski definition) is 2. The molecule has 2 aliphatic rings. The van der Waals surface area contributed by atoms with Gasteiger partial charge in [-0.05, 0) is 38.2 Å². The van der Waals surface area contributed by atoms with Crippen molar-refractivity contribution in [2.45, 2.75) is 58.7 Å². The molecule has 0 spiro atoms. The van der Waals surface area contributed by atoms with E-state index in [1.54, 1.807) is 6.08 Å². The van der Waals surface area contributed by atoms with E-state index in [0.29, 0.717) is 19.3 Å². The van der Waals surface area contributed by atoms with Crippen LogP contribution in [-0.2, 0) is 4.79 Å². The summed E-state index contributed by atoms with van der Waals surface area (Å²) >= 11 is 0. The van der Waals surface area contributed by atoms with Crippen LogP contribution >= 0.6 is 0 Å². The van der Waals surface area contributed by atoms with Crippen molar-refractivity contribution < 1.29 is 15.0 Å². The van der Waals surface area contributed by atoms with Crippen molar-refractivity contribution in [3.05, 3.63) is 11.6 Å². The van der Waals surface area contributed by atoms with E-state index in [-0.39, 0.29) is 17.6 Å². The normalized spacial score (nSPS) is 44.8. The molecule has 2 aliphatic carbocycles. The Morgan fingerprint density at radius 1 is 1.39 bits per heavy atom. The molecule has 0 radical (unpaired) electrons. The smallest absolute Gasteiger partial charge is 0.161 e. The maximum atomic E-state index is 12.4. The summed E-state index contributed by atoms with van der Waals surface area (Å²) in [4.78, 5) is 12.4. The molecule has 3 nitrogen and oxygen atoms in total. The average Bonchev–Trinajstić information content (AvgIpc) is 2.48. The van der Waals surface area contributed by atoms with Gasteiger partial charge in [0.25, 0.3) is 0 Å². The van der Waals surface area contributed by atoms with Crippen LogP contribution in [-0.4, -0.2) is 27.7 Å². The monoisotopic (exact) mass is 252 g/mol. The Hall–Kier alpha value is -0.670. The molecule has 0 amide bonds. The Morgan fingerprint density at radius 3 is 2.56 bits per heavy atom. The fourth-order valence-corrected chi connectivity index (χ4v) is 3.90. The average molecular weight is 252 g/mol. The van der Waals surface area contributed by atoms with Crippen molar-refractivity contribution in [2.75, 3.05) is 0 Å². The first-order chi connectivity index (χ1) is 8.21. The van der Waals surface area contributed by atoms with Gasteiger partial charge in [0.2, 0.25) is 0 Å². The molecule has 18 heavy (non-hydrogen) atoms.